The first kappa shape index (κ1) is 39.0. The fraction of sp³-hybridized carbons (Fsp3) is 0.133. The van der Waals surface area contributed by atoms with E-state index in [4.69, 9.17) is 0 Å². The van der Waals surface area contributed by atoms with E-state index < -0.39 is 0 Å². The molecule has 302 valence electrons. The molecule has 1 aliphatic rings. The predicted octanol–water partition coefficient (Wildman–Crippen LogP) is 17.1. The van der Waals surface area contributed by atoms with Gasteiger partial charge in [-0.2, -0.15) is 0 Å². The maximum absolute atomic E-state index is 2.46. The van der Waals surface area contributed by atoms with E-state index in [0.717, 1.165) is 34.1 Å². The SMILES string of the molecule is CC1(C)CCC(C)(C)c2cc(-c3ccc(N(c4ccc(-c5ccccc5)cc4)c4ccc(-c5ccc(N(c6ccccc6)c6cccc7ccccc67)cc5)cc4)cc3)ccc21. The topological polar surface area (TPSA) is 6.48 Å². The second kappa shape index (κ2) is 16.0. The zero-order valence-electron chi connectivity index (χ0n) is 36.1. The van der Waals surface area contributed by atoms with E-state index in [2.05, 4.69) is 256 Å². The van der Waals surface area contributed by atoms with Gasteiger partial charge in [-0.05, 0) is 140 Å². The molecule has 0 saturated heterocycles. The number of nitrogens with zero attached hydrogens (tertiary/aromatic N) is 2. The first-order valence-electron chi connectivity index (χ1n) is 22.0. The summed E-state index contributed by atoms with van der Waals surface area (Å²) < 4.78 is 0. The van der Waals surface area contributed by atoms with Gasteiger partial charge in [-0.25, -0.2) is 0 Å². The highest BCUT2D eigenvalue weighted by atomic mass is 15.1. The lowest BCUT2D eigenvalue weighted by Crippen LogP contribution is -2.33. The van der Waals surface area contributed by atoms with Crippen molar-refractivity contribution in [2.45, 2.75) is 51.4 Å². The van der Waals surface area contributed by atoms with Crippen LogP contribution in [0.25, 0.3) is 44.2 Å². The minimum atomic E-state index is 0.164. The van der Waals surface area contributed by atoms with Gasteiger partial charge in [-0.1, -0.05) is 179 Å². The van der Waals surface area contributed by atoms with Crippen molar-refractivity contribution in [3.8, 4) is 33.4 Å². The molecule has 0 N–H and O–H groups in total. The highest BCUT2D eigenvalue weighted by Gasteiger charge is 2.37. The molecule has 0 saturated carbocycles. The summed E-state index contributed by atoms with van der Waals surface area (Å²) in [7, 11) is 0. The minimum absolute atomic E-state index is 0.164. The summed E-state index contributed by atoms with van der Waals surface area (Å²) in [4.78, 5) is 4.72. The molecule has 2 heteroatoms. The van der Waals surface area contributed by atoms with Crippen LogP contribution in [0.1, 0.15) is 51.7 Å². The van der Waals surface area contributed by atoms with E-state index in [1.807, 2.05) is 0 Å². The second-order valence-electron chi connectivity index (χ2n) is 18.1. The number of hydrogen-bond acceptors (Lipinski definition) is 2. The number of anilines is 6. The molecule has 2 nitrogen and oxygen atoms in total. The molecule has 0 radical (unpaired) electrons. The highest BCUT2D eigenvalue weighted by molar-refractivity contribution is 5.99. The quantitative estimate of drug-likeness (QED) is 0.143. The zero-order chi connectivity index (χ0) is 42.3. The zero-order valence-corrected chi connectivity index (χ0v) is 36.1. The maximum atomic E-state index is 2.46. The Labute approximate surface area is 367 Å². The third kappa shape index (κ3) is 7.47. The normalized spacial score (nSPS) is 13.9. The van der Waals surface area contributed by atoms with Crippen molar-refractivity contribution in [2.75, 3.05) is 9.80 Å². The van der Waals surface area contributed by atoms with E-state index in [1.165, 1.54) is 68.1 Å². The fourth-order valence-electron chi connectivity index (χ4n) is 9.47. The largest absolute Gasteiger partial charge is 0.311 e. The van der Waals surface area contributed by atoms with Crippen molar-refractivity contribution >= 4 is 44.9 Å². The molecule has 9 aromatic carbocycles. The third-order valence-electron chi connectivity index (χ3n) is 13.2. The molecule has 10 rings (SSSR count). The molecule has 0 amide bonds. The Morgan fingerprint density at radius 3 is 1.24 bits per heavy atom. The molecular weight excluding hydrogens is 749 g/mol. The summed E-state index contributed by atoms with van der Waals surface area (Å²) in [5.74, 6) is 0. The molecule has 0 aliphatic heterocycles. The summed E-state index contributed by atoms with van der Waals surface area (Å²) in [5.41, 5.74) is 17.4. The summed E-state index contributed by atoms with van der Waals surface area (Å²) in [6.45, 7) is 9.60. The summed E-state index contributed by atoms with van der Waals surface area (Å²) in [5, 5.41) is 2.45. The Morgan fingerprint density at radius 2 is 0.694 bits per heavy atom. The average molecular weight is 801 g/mol. The van der Waals surface area contributed by atoms with Gasteiger partial charge in [0.2, 0.25) is 0 Å². The van der Waals surface area contributed by atoms with Gasteiger partial charge in [0.15, 0.2) is 0 Å². The van der Waals surface area contributed by atoms with E-state index in [0.29, 0.717) is 0 Å². The van der Waals surface area contributed by atoms with Crippen molar-refractivity contribution in [3.05, 3.63) is 230 Å². The minimum Gasteiger partial charge on any atom is -0.311 e. The van der Waals surface area contributed by atoms with Gasteiger partial charge in [-0.15, -0.1) is 0 Å². The molecule has 62 heavy (non-hydrogen) atoms. The first-order valence-corrected chi connectivity index (χ1v) is 22.0. The lowest BCUT2D eigenvalue weighted by atomic mass is 9.63. The standard InChI is InChI=1S/C60H52N2/c1-59(2)40-41-60(3,4)57-42-49(30-39-56(57)59)47-28-35-53(36-29-47)61(51-31-22-44(23-32-51)43-14-7-5-8-15-43)52-33-24-45(25-34-52)46-26-37-54(38-27-46)62(50-18-9-6-10-19-50)58-21-13-17-48-16-11-12-20-55(48)58/h5-39,42H,40-41H2,1-4H3. The van der Waals surface area contributed by atoms with E-state index in [-0.39, 0.29) is 10.8 Å². The first-order chi connectivity index (χ1) is 30.2. The Bertz CT molecular complexity index is 2960. The maximum Gasteiger partial charge on any atom is 0.0540 e. The van der Waals surface area contributed by atoms with E-state index >= 15 is 0 Å². The molecule has 0 aromatic heterocycles. The number of para-hydroxylation sites is 1. The smallest absolute Gasteiger partial charge is 0.0540 e. The second-order valence-corrected chi connectivity index (χ2v) is 18.1. The van der Waals surface area contributed by atoms with Crippen LogP contribution in [0.15, 0.2) is 218 Å². The van der Waals surface area contributed by atoms with Gasteiger partial charge in [0, 0.05) is 33.8 Å². The van der Waals surface area contributed by atoms with Crippen LogP contribution in [0.3, 0.4) is 0 Å². The van der Waals surface area contributed by atoms with Crippen molar-refractivity contribution in [3.63, 3.8) is 0 Å². The Balaban J connectivity index is 0.980. The molecule has 1 aliphatic carbocycles. The summed E-state index contributed by atoms with van der Waals surface area (Å²) in [6.07, 6.45) is 2.42. The van der Waals surface area contributed by atoms with Crippen LogP contribution in [-0.4, -0.2) is 0 Å². The van der Waals surface area contributed by atoms with Gasteiger partial charge >= 0.3 is 0 Å². The fourth-order valence-corrected chi connectivity index (χ4v) is 9.47. The van der Waals surface area contributed by atoms with Crippen LogP contribution in [0.4, 0.5) is 34.1 Å². The van der Waals surface area contributed by atoms with Crippen molar-refractivity contribution in [1.82, 2.24) is 0 Å². The monoisotopic (exact) mass is 800 g/mol. The molecule has 0 bridgehead atoms. The van der Waals surface area contributed by atoms with Gasteiger partial charge in [0.25, 0.3) is 0 Å². The highest BCUT2D eigenvalue weighted by Crippen LogP contribution is 2.47. The Hall–Kier alpha value is -7.16. The number of benzene rings is 9. The average Bonchev–Trinajstić information content (AvgIpc) is 3.32. The molecule has 0 atom stereocenters. The van der Waals surface area contributed by atoms with E-state index in [9.17, 15) is 0 Å². The number of fused-ring (bicyclic) bond motifs is 2. The third-order valence-corrected chi connectivity index (χ3v) is 13.2. The number of rotatable bonds is 9. The van der Waals surface area contributed by atoms with Gasteiger partial charge in [0.05, 0.1) is 5.69 Å². The van der Waals surface area contributed by atoms with Gasteiger partial charge in [0.1, 0.15) is 0 Å². The van der Waals surface area contributed by atoms with Crippen molar-refractivity contribution < 1.29 is 0 Å². The van der Waals surface area contributed by atoms with Crippen molar-refractivity contribution in [2.24, 2.45) is 0 Å². The van der Waals surface area contributed by atoms with Crippen LogP contribution in [0.2, 0.25) is 0 Å². The lowest BCUT2D eigenvalue weighted by Gasteiger charge is -2.42. The van der Waals surface area contributed by atoms with Crippen LogP contribution in [0, 0.1) is 0 Å². The van der Waals surface area contributed by atoms with Gasteiger partial charge in [-0.3, -0.25) is 0 Å². The molecule has 0 heterocycles. The van der Waals surface area contributed by atoms with Crippen LogP contribution >= 0.6 is 0 Å². The molecule has 9 aromatic rings. The molecule has 0 spiro atoms. The number of hydrogen-bond donors (Lipinski definition) is 0. The molecular formula is C60H52N2. The molecule has 0 unspecified atom stereocenters. The van der Waals surface area contributed by atoms with Crippen LogP contribution in [-0.2, 0) is 10.8 Å². The lowest BCUT2D eigenvalue weighted by molar-refractivity contribution is 0.332. The predicted molar refractivity (Wildman–Crippen MR) is 265 cm³/mol. The van der Waals surface area contributed by atoms with E-state index in [1.54, 1.807) is 0 Å². The summed E-state index contributed by atoms with van der Waals surface area (Å²) >= 11 is 0. The van der Waals surface area contributed by atoms with Crippen LogP contribution < -0.4 is 9.80 Å². The Morgan fingerprint density at radius 1 is 0.306 bits per heavy atom. The van der Waals surface area contributed by atoms with Crippen molar-refractivity contribution in [1.29, 1.82) is 0 Å². The summed E-state index contributed by atoms with van der Waals surface area (Å²) in [6, 6.07) is 79.6. The molecule has 0 fully saturated rings. The van der Waals surface area contributed by atoms with Crippen LogP contribution in [0.5, 0.6) is 0 Å². The Kier molecular flexibility index (Phi) is 10.1. The van der Waals surface area contributed by atoms with Gasteiger partial charge < -0.3 is 9.80 Å².